The number of aliphatic imine (C=N–C) groups is 1. The molecule has 3 rings (SSSR count). The van der Waals surface area contributed by atoms with Crippen molar-refractivity contribution in [3.63, 3.8) is 0 Å². The lowest BCUT2D eigenvalue weighted by molar-refractivity contribution is 0.179. The fraction of sp³-hybridized carbons (Fsp3) is 0.571. The Morgan fingerprint density at radius 2 is 2.04 bits per heavy atom. The lowest BCUT2D eigenvalue weighted by Crippen LogP contribution is -2.45. The van der Waals surface area contributed by atoms with Gasteiger partial charge in [-0.2, -0.15) is 0 Å². The molecule has 0 amide bonds. The van der Waals surface area contributed by atoms with Crippen LogP contribution >= 0.6 is 46.7 Å². The minimum Gasteiger partial charge on any atom is -0.356 e. The molecule has 28 heavy (non-hydrogen) atoms. The van der Waals surface area contributed by atoms with Gasteiger partial charge < -0.3 is 10.6 Å². The minimum atomic E-state index is 0. The van der Waals surface area contributed by atoms with Gasteiger partial charge >= 0.3 is 0 Å². The van der Waals surface area contributed by atoms with Crippen LogP contribution in [0.2, 0.25) is 0 Å². The van der Waals surface area contributed by atoms with Crippen LogP contribution in [0.15, 0.2) is 34.6 Å². The summed E-state index contributed by atoms with van der Waals surface area (Å²) in [6.45, 7) is 8.91. The Bertz CT molecular complexity index is 706. The average Bonchev–Trinajstić information content (AvgIpc) is 3.31. The molecule has 1 aliphatic rings. The zero-order chi connectivity index (χ0) is 19.1. The number of hydrogen-bond donors (Lipinski definition) is 2. The summed E-state index contributed by atoms with van der Waals surface area (Å²) in [5.41, 5.74) is 0. The predicted molar refractivity (Wildman–Crippen MR) is 134 cm³/mol. The number of rotatable bonds is 7. The second-order valence-electron chi connectivity index (χ2n) is 7.51. The van der Waals surface area contributed by atoms with Gasteiger partial charge in [-0.1, -0.05) is 6.07 Å². The Labute approximate surface area is 194 Å². The molecule has 7 heteroatoms. The summed E-state index contributed by atoms with van der Waals surface area (Å²) in [4.78, 5) is 11.3. The Hall–Kier alpha value is -0.640. The molecule has 156 valence electrons. The maximum Gasteiger partial charge on any atom is 0.191 e. The Kier molecular flexibility index (Phi) is 10.3. The fourth-order valence-electron chi connectivity index (χ4n) is 3.59. The van der Waals surface area contributed by atoms with Gasteiger partial charge in [0.25, 0.3) is 0 Å². The third-order valence-electron chi connectivity index (χ3n) is 5.13. The first-order chi connectivity index (χ1) is 13.1. The van der Waals surface area contributed by atoms with E-state index in [9.17, 15) is 0 Å². The van der Waals surface area contributed by atoms with E-state index in [1.54, 1.807) is 0 Å². The zero-order valence-corrected chi connectivity index (χ0v) is 21.1. The molecular weight excluding hydrogens is 499 g/mol. The van der Waals surface area contributed by atoms with Crippen molar-refractivity contribution in [2.24, 2.45) is 10.9 Å². The average molecular weight is 533 g/mol. The molecule has 1 fully saturated rings. The van der Waals surface area contributed by atoms with Crippen molar-refractivity contribution in [1.82, 2.24) is 15.5 Å². The van der Waals surface area contributed by atoms with Crippen LogP contribution in [0.4, 0.5) is 0 Å². The molecule has 1 atom stereocenters. The molecule has 0 radical (unpaired) electrons. The first-order valence-corrected chi connectivity index (χ1v) is 11.6. The third-order valence-corrected chi connectivity index (χ3v) is 7.02. The molecule has 0 saturated carbocycles. The van der Waals surface area contributed by atoms with Crippen molar-refractivity contribution in [3.05, 3.63) is 44.3 Å². The molecule has 1 aliphatic heterocycles. The number of nitrogens with one attached hydrogen (secondary N) is 2. The normalized spacial score (nSPS) is 17.2. The van der Waals surface area contributed by atoms with Gasteiger partial charge in [-0.3, -0.25) is 9.89 Å². The first-order valence-electron chi connectivity index (χ1n) is 9.89. The summed E-state index contributed by atoms with van der Waals surface area (Å²) in [6, 6.07) is 9.20. The number of nitrogens with zero attached hydrogens (tertiary/aromatic N) is 2. The molecule has 0 aromatic carbocycles. The highest BCUT2D eigenvalue weighted by Gasteiger charge is 2.20. The van der Waals surface area contributed by atoms with E-state index >= 15 is 0 Å². The van der Waals surface area contributed by atoms with Crippen LogP contribution in [0.3, 0.4) is 0 Å². The number of piperidine rings is 1. The van der Waals surface area contributed by atoms with E-state index in [1.807, 2.05) is 29.7 Å². The second-order valence-corrected chi connectivity index (χ2v) is 9.92. The Balaban J connectivity index is 0.00000280. The van der Waals surface area contributed by atoms with E-state index in [-0.39, 0.29) is 24.0 Å². The van der Waals surface area contributed by atoms with E-state index < -0.39 is 0 Å². The maximum absolute atomic E-state index is 4.41. The number of guanidine groups is 1. The SMILES string of the molecule is CN=C(NCC1CCN(Cc2cccs2)CC1)NC(C)Cc1ccc(C)s1.I. The van der Waals surface area contributed by atoms with Crippen LogP contribution in [0.25, 0.3) is 0 Å². The molecule has 2 aromatic heterocycles. The number of thiophene rings is 2. The molecule has 3 heterocycles. The predicted octanol–water partition coefficient (Wildman–Crippen LogP) is 4.74. The monoisotopic (exact) mass is 532 g/mol. The lowest BCUT2D eigenvalue weighted by Gasteiger charge is -2.32. The summed E-state index contributed by atoms with van der Waals surface area (Å²) in [7, 11) is 1.86. The standard InChI is InChI=1S/C21H32N4S2.HI/c1-16(13-19-7-6-17(2)27-19)24-21(22-3)23-14-18-8-10-25(11-9-18)15-20-5-4-12-26-20;/h4-7,12,16,18H,8-11,13-15H2,1-3H3,(H2,22,23,24);1H. The molecule has 2 aromatic rings. The molecular formula is C21H33IN4S2. The van der Waals surface area contributed by atoms with Crippen molar-refractivity contribution in [2.45, 2.75) is 45.7 Å². The van der Waals surface area contributed by atoms with Gasteiger partial charge in [0.05, 0.1) is 0 Å². The second kappa shape index (κ2) is 12.1. The van der Waals surface area contributed by atoms with Crippen LogP contribution in [0.5, 0.6) is 0 Å². The molecule has 2 N–H and O–H groups in total. The van der Waals surface area contributed by atoms with Crippen LogP contribution < -0.4 is 10.6 Å². The van der Waals surface area contributed by atoms with Crippen molar-refractivity contribution in [1.29, 1.82) is 0 Å². The number of likely N-dealkylation sites (tertiary alicyclic amines) is 1. The highest BCUT2D eigenvalue weighted by atomic mass is 127. The van der Waals surface area contributed by atoms with Gasteiger partial charge in [-0.15, -0.1) is 46.7 Å². The summed E-state index contributed by atoms with van der Waals surface area (Å²) in [5, 5.41) is 9.26. The third kappa shape index (κ3) is 7.65. The minimum absolute atomic E-state index is 0. The maximum atomic E-state index is 4.41. The van der Waals surface area contributed by atoms with Gasteiger partial charge in [0.1, 0.15) is 0 Å². The van der Waals surface area contributed by atoms with Crippen molar-refractivity contribution < 1.29 is 0 Å². The van der Waals surface area contributed by atoms with E-state index in [0.29, 0.717) is 6.04 Å². The van der Waals surface area contributed by atoms with Crippen molar-refractivity contribution in [2.75, 3.05) is 26.7 Å². The van der Waals surface area contributed by atoms with Gasteiger partial charge in [-0.05, 0) is 69.3 Å². The largest absolute Gasteiger partial charge is 0.356 e. The first kappa shape index (κ1) is 23.6. The van der Waals surface area contributed by atoms with Gasteiger partial charge in [0.2, 0.25) is 0 Å². The number of aryl methyl sites for hydroxylation is 1. The highest BCUT2D eigenvalue weighted by Crippen LogP contribution is 2.20. The topological polar surface area (TPSA) is 39.7 Å². The zero-order valence-electron chi connectivity index (χ0n) is 17.1. The Morgan fingerprint density at radius 3 is 2.64 bits per heavy atom. The van der Waals surface area contributed by atoms with Crippen molar-refractivity contribution >= 4 is 52.6 Å². The molecule has 0 aliphatic carbocycles. The summed E-state index contributed by atoms with van der Waals surface area (Å²) in [5.74, 6) is 1.66. The lowest BCUT2D eigenvalue weighted by atomic mass is 9.97. The van der Waals surface area contributed by atoms with Crippen LogP contribution in [-0.4, -0.2) is 43.6 Å². The summed E-state index contributed by atoms with van der Waals surface area (Å²) >= 11 is 3.75. The molecule has 1 saturated heterocycles. The van der Waals surface area contributed by atoms with Crippen LogP contribution in [-0.2, 0) is 13.0 Å². The van der Waals surface area contributed by atoms with E-state index in [1.165, 1.54) is 40.6 Å². The highest BCUT2D eigenvalue weighted by molar-refractivity contribution is 14.0. The molecule has 0 spiro atoms. The van der Waals surface area contributed by atoms with Gasteiger partial charge in [-0.25, -0.2) is 0 Å². The van der Waals surface area contributed by atoms with Crippen LogP contribution in [0, 0.1) is 12.8 Å². The molecule has 0 bridgehead atoms. The number of halogens is 1. The number of hydrogen-bond acceptors (Lipinski definition) is 4. The summed E-state index contributed by atoms with van der Waals surface area (Å²) < 4.78 is 0. The van der Waals surface area contributed by atoms with E-state index in [4.69, 9.17) is 0 Å². The molecule has 1 unspecified atom stereocenters. The van der Waals surface area contributed by atoms with Gasteiger partial charge in [0.15, 0.2) is 5.96 Å². The van der Waals surface area contributed by atoms with Crippen molar-refractivity contribution in [3.8, 4) is 0 Å². The smallest absolute Gasteiger partial charge is 0.191 e. The van der Waals surface area contributed by atoms with E-state index in [2.05, 4.69) is 64.0 Å². The summed E-state index contributed by atoms with van der Waals surface area (Å²) in [6.07, 6.45) is 3.57. The van der Waals surface area contributed by atoms with E-state index in [0.717, 1.165) is 31.4 Å². The quantitative estimate of drug-likeness (QED) is 0.308. The van der Waals surface area contributed by atoms with Crippen LogP contribution in [0.1, 0.15) is 34.4 Å². The Morgan fingerprint density at radius 1 is 1.25 bits per heavy atom. The molecule has 4 nitrogen and oxygen atoms in total. The van der Waals surface area contributed by atoms with Gasteiger partial charge in [0, 0.05) is 47.2 Å². The fourth-order valence-corrected chi connectivity index (χ4v) is 5.35.